The summed E-state index contributed by atoms with van der Waals surface area (Å²) in [5, 5.41) is 4.54. The molecule has 0 bridgehead atoms. The van der Waals surface area contributed by atoms with Gasteiger partial charge in [-0.1, -0.05) is 97.1 Å². The first-order chi connectivity index (χ1) is 23.3. The van der Waals surface area contributed by atoms with E-state index < -0.39 is 0 Å². The molecule has 4 aromatic heterocycles. The van der Waals surface area contributed by atoms with E-state index in [1.165, 1.54) is 16.5 Å². The van der Waals surface area contributed by atoms with Crippen molar-refractivity contribution in [3.05, 3.63) is 164 Å². The van der Waals surface area contributed by atoms with Crippen molar-refractivity contribution in [3.8, 4) is 56.2 Å². The third-order valence-electron chi connectivity index (χ3n) is 8.79. The molecule has 0 radical (unpaired) electrons. The van der Waals surface area contributed by atoms with E-state index in [4.69, 9.17) is 9.40 Å². The molecule has 0 aliphatic heterocycles. The molecule has 0 spiro atoms. The fraction of sp³-hybridized carbons (Fsp3) is 0. The predicted molar refractivity (Wildman–Crippen MR) is 192 cm³/mol. The number of pyridine rings is 3. The van der Waals surface area contributed by atoms with E-state index in [1.54, 1.807) is 12.4 Å². The molecule has 220 valence electrons. The summed E-state index contributed by atoms with van der Waals surface area (Å²) in [5.41, 5.74) is 11.9. The summed E-state index contributed by atoms with van der Waals surface area (Å²) in [7, 11) is 0. The fourth-order valence-electron chi connectivity index (χ4n) is 6.48. The van der Waals surface area contributed by atoms with Gasteiger partial charge in [-0.25, -0.2) is 4.98 Å². The molecule has 0 aliphatic rings. The average Bonchev–Trinajstić information content (AvgIpc) is 3.53. The lowest BCUT2D eigenvalue weighted by molar-refractivity contribution is 0.673. The van der Waals surface area contributed by atoms with E-state index in [1.807, 2.05) is 36.4 Å². The van der Waals surface area contributed by atoms with Crippen LogP contribution >= 0.6 is 0 Å². The number of hydrogen-bond donors (Lipinski definition) is 0. The lowest BCUT2D eigenvalue weighted by atomic mass is 9.94. The van der Waals surface area contributed by atoms with E-state index in [0.717, 1.165) is 72.4 Å². The van der Waals surface area contributed by atoms with Gasteiger partial charge in [0.1, 0.15) is 11.2 Å². The SMILES string of the molecule is c1ccc(-c2cc3c4cc(-c5ccc(-c6cc(-c7ccccn7)nc(-c7ccccn7)c6)cc5)ccc4oc3c3ccccc23)cc1. The lowest BCUT2D eigenvalue weighted by Gasteiger charge is -2.10. The zero-order valence-electron chi connectivity index (χ0n) is 25.3. The van der Waals surface area contributed by atoms with Gasteiger partial charge in [-0.3, -0.25) is 9.97 Å². The molecule has 0 amide bonds. The van der Waals surface area contributed by atoms with Crippen molar-refractivity contribution in [2.75, 3.05) is 0 Å². The molecule has 0 saturated carbocycles. The summed E-state index contributed by atoms with van der Waals surface area (Å²) >= 11 is 0. The van der Waals surface area contributed by atoms with Gasteiger partial charge in [0.15, 0.2) is 0 Å². The largest absolute Gasteiger partial charge is 0.455 e. The molecular weight excluding hydrogens is 574 g/mol. The van der Waals surface area contributed by atoms with Gasteiger partial charge in [-0.15, -0.1) is 0 Å². The first-order valence-corrected chi connectivity index (χ1v) is 15.7. The van der Waals surface area contributed by atoms with Crippen LogP contribution in [0.2, 0.25) is 0 Å². The summed E-state index contributed by atoms with van der Waals surface area (Å²) < 4.78 is 6.50. The Balaban J connectivity index is 1.14. The van der Waals surface area contributed by atoms with Gasteiger partial charge < -0.3 is 4.42 Å². The number of hydrogen-bond acceptors (Lipinski definition) is 4. The molecule has 0 fully saturated rings. The van der Waals surface area contributed by atoms with Crippen LogP contribution in [0.5, 0.6) is 0 Å². The summed E-state index contributed by atoms with van der Waals surface area (Å²) in [6, 6.07) is 52.6. The van der Waals surface area contributed by atoms with Crippen LogP contribution in [-0.4, -0.2) is 15.0 Å². The van der Waals surface area contributed by atoms with Crippen LogP contribution in [0.4, 0.5) is 0 Å². The Morgan fingerprint density at radius 2 is 0.957 bits per heavy atom. The number of furan rings is 1. The first-order valence-electron chi connectivity index (χ1n) is 15.7. The van der Waals surface area contributed by atoms with E-state index in [9.17, 15) is 0 Å². The summed E-state index contributed by atoms with van der Waals surface area (Å²) in [5.74, 6) is 0. The standard InChI is InChI=1S/C43H27N3O/c1-2-10-30(11-3-1)35-27-37-36-24-31(20-21-42(36)47-43(37)34-13-5-4-12-33(34)35)28-16-18-29(19-17-28)32-25-40(38-14-6-8-22-44-38)46-41(26-32)39-15-7-9-23-45-39/h1-27H. The maximum atomic E-state index is 6.50. The van der Waals surface area contributed by atoms with Crippen LogP contribution < -0.4 is 0 Å². The van der Waals surface area contributed by atoms with Crippen molar-refractivity contribution in [2.24, 2.45) is 0 Å². The van der Waals surface area contributed by atoms with Gasteiger partial charge in [0.2, 0.25) is 0 Å². The molecule has 4 nitrogen and oxygen atoms in total. The number of aromatic nitrogens is 3. The normalized spacial score (nSPS) is 11.4. The van der Waals surface area contributed by atoms with E-state index in [0.29, 0.717) is 0 Å². The highest BCUT2D eigenvalue weighted by Crippen LogP contribution is 2.41. The van der Waals surface area contributed by atoms with Gasteiger partial charge in [0.05, 0.1) is 22.8 Å². The summed E-state index contributed by atoms with van der Waals surface area (Å²) in [6.45, 7) is 0. The van der Waals surface area contributed by atoms with Gasteiger partial charge in [0.25, 0.3) is 0 Å². The minimum atomic E-state index is 0.813. The van der Waals surface area contributed by atoms with E-state index in [2.05, 4.69) is 125 Å². The van der Waals surface area contributed by atoms with Crippen molar-refractivity contribution in [2.45, 2.75) is 0 Å². The van der Waals surface area contributed by atoms with Crippen LogP contribution in [0.15, 0.2) is 168 Å². The van der Waals surface area contributed by atoms with Crippen molar-refractivity contribution < 1.29 is 4.42 Å². The molecule has 0 unspecified atom stereocenters. The van der Waals surface area contributed by atoms with E-state index in [-0.39, 0.29) is 0 Å². The van der Waals surface area contributed by atoms with Crippen LogP contribution in [0, 0.1) is 0 Å². The summed E-state index contributed by atoms with van der Waals surface area (Å²) in [4.78, 5) is 14.0. The van der Waals surface area contributed by atoms with Crippen LogP contribution in [0.3, 0.4) is 0 Å². The van der Waals surface area contributed by atoms with Crippen molar-refractivity contribution in [3.63, 3.8) is 0 Å². The van der Waals surface area contributed by atoms with Crippen LogP contribution in [0.25, 0.3) is 88.9 Å². The van der Waals surface area contributed by atoms with Crippen molar-refractivity contribution in [1.82, 2.24) is 15.0 Å². The zero-order valence-corrected chi connectivity index (χ0v) is 25.3. The number of benzene rings is 5. The molecule has 0 aliphatic carbocycles. The minimum absolute atomic E-state index is 0.813. The van der Waals surface area contributed by atoms with Gasteiger partial charge in [-0.05, 0) is 93.4 Å². The Morgan fingerprint density at radius 1 is 0.362 bits per heavy atom. The Hall–Kier alpha value is -6.39. The molecule has 4 heterocycles. The molecule has 0 N–H and O–H groups in total. The number of nitrogens with zero attached hydrogens (tertiary/aromatic N) is 3. The second-order valence-electron chi connectivity index (χ2n) is 11.7. The Kier molecular flexibility index (Phi) is 6.43. The molecule has 0 atom stereocenters. The van der Waals surface area contributed by atoms with Crippen LogP contribution in [0.1, 0.15) is 0 Å². The van der Waals surface area contributed by atoms with Gasteiger partial charge in [-0.2, -0.15) is 0 Å². The monoisotopic (exact) mass is 601 g/mol. The van der Waals surface area contributed by atoms with E-state index >= 15 is 0 Å². The molecule has 5 aromatic carbocycles. The Bertz CT molecular complexity index is 2480. The van der Waals surface area contributed by atoms with Gasteiger partial charge in [0, 0.05) is 28.6 Å². The molecule has 47 heavy (non-hydrogen) atoms. The van der Waals surface area contributed by atoms with Crippen molar-refractivity contribution in [1.29, 1.82) is 0 Å². The summed E-state index contributed by atoms with van der Waals surface area (Å²) in [6.07, 6.45) is 3.59. The quantitative estimate of drug-likeness (QED) is 0.197. The second-order valence-corrected chi connectivity index (χ2v) is 11.7. The topological polar surface area (TPSA) is 51.8 Å². The maximum absolute atomic E-state index is 6.50. The molecule has 0 saturated heterocycles. The van der Waals surface area contributed by atoms with Crippen LogP contribution in [-0.2, 0) is 0 Å². The Morgan fingerprint density at radius 3 is 1.62 bits per heavy atom. The second kappa shape index (κ2) is 11.2. The predicted octanol–water partition coefficient (Wildman–Crippen LogP) is 11.3. The zero-order chi connectivity index (χ0) is 31.2. The smallest absolute Gasteiger partial charge is 0.143 e. The van der Waals surface area contributed by atoms with Crippen molar-refractivity contribution >= 4 is 32.7 Å². The third kappa shape index (κ3) is 4.84. The highest BCUT2D eigenvalue weighted by atomic mass is 16.3. The fourth-order valence-corrected chi connectivity index (χ4v) is 6.48. The molecule has 9 rings (SSSR count). The first kappa shape index (κ1) is 27.0. The lowest BCUT2D eigenvalue weighted by Crippen LogP contribution is -1.93. The third-order valence-corrected chi connectivity index (χ3v) is 8.79. The minimum Gasteiger partial charge on any atom is -0.455 e. The maximum Gasteiger partial charge on any atom is 0.143 e. The average molecular weight is 602 g/mol. The van der Waals surface area contributed by atoms with Gasteiger partial charge >= 0.3 is 0 Å². The molecule has 4 heteroatoms. The highest BCUT2D eigenvalue weighted by molar-refractivity contribution is 6.19. The number of fused-ring (bicyclic) bond motifs is 5. The number of rotatable bonds is 5. The molecular formula is C43H27N3O. The highest BCUT2D eigenvalue weighted by Gasteiger charge is 2.16. The Labute approximate surface area is 271 Å². The molecule has 9 aromatic rings.